The zero-order valence-electron chi connectivity index (χ0n) is 13.8. The second kappa shape index (κ2) is 7.64. The average Bonchev–Trinajstić information content (AvgIpc) is 2.34. The molecule has 1 fully saturated rings. The second-order valence-electron chi connectivity index (χ2n) is 6.90. The Morgan fingerprint density at radius 2 is 1.76 bits per heavy atom. The lowest BCUT2D eigenvalue weighted by Crippen LogP contribution is -2.54. The van der Waals surface area contributed by atoms with E-state index >= 15 is 0 Å². The summed E-state index contributed by atoms with van der Waals surface area (Å²) in [4.78, 5) is 24.2. The molecule has 21 heavy (non-hydrogen) atoms. The molecule has 6 nitrogen and oxygen atoms in total. The zero-order chi connectivity index (χ0) is 16.0. The Morgan fingerprint density at radius 1 is 1.19 bits per heavy atom. The van der Waals surface area contributed by atoms with Crippen LogP contribution in [0.15, 0.2) is 0 Å². The predicted octanol–water partition coefficient (Wildman–Crippen LogP) is 1.40. The molecule has 1 aliphatic rings. The van der Waals surface area contributed by atoms with Crippen LogP contribution in [0.2, 0.25) is 0 Å². The third-order valence-electron chi connectivity index (χ3n) is 3.31. The fourth-order valence-corrected chi connectivity index (χ4v) is 2.23. The van der Waals surface area contributed by atoms with E-state index in [0.29, 0.717) is 0 Å². The molecule has 0 bridgehead atoms. The average molecular weight is 299 g/mol. The first-order valence-corrected chi connectivity index (χ1v) is 7.69. The molecule has 0 spiro atoms. The van der Waals surface area contributed by atoms with E-state index in [1.54, 1.807) is 20.8 Å². The number of rotatable bonds is 4. The molecule has 0 aromatic heterocycles. The van der Waals surface area contributed by atoms with Gasteiger partial charge in [-0.05, 0) is 52.6 Å². The van der Waals surface area contributed by atoms with Crippen molar-refractivity contribution in [2.45, 2.75) is 65.1 Å². The third kappa shape index (κ3) is 6.80. The summed E-state index contributed by atoms with van der Waals surface area (Å²) in [5, 5.41) is 8.95. The molecule has 1 heterocycles. The minimum Gasteiger partial charge on any atom is -0.444 e. The van der Waals surface area contributed by atoms with Gasteiger partial charge in [0.25, 0.3) is 0 Å². The summed E-state index contributed by atoms with van der Waals surface area (Å²) >= 11 is 0. The number of hydrogen-bond acceptors (Lipinski definition) is 4. The Labute approximate surface area is 127 Å². The molecule has 0 aromatic carbocycles. The number of piperidine rings is 1. The Kier molecular flexibility index (Phi) is 6.45. The summed E-state index contributed by atoms with van der Waals surface area (Å²) in [6.07, 6.45) is 1.29. The van der Waals surface area contributed by atoms with Crippen molar-refractivity contribution in [1.82, 2.24) is 16.0 Å². The van der Waals surface area contributed by atoms with Gasteiger partial charge in [0.05, 0.1) is 0 Å². The first-order valence-electron chi connectivity index (χ1n) is 7.69. The molecule has 0 aliphatic carbocycles. The van der Waals surface area contributed by atoms with Gasteiger partial charge in [0.2, 0.25) is 5.91 Å². The standard InChI is InChI=1S/C15H29N3O3/c1-10(2)12(18-14(20)21-15(3,4)5)13(19)17-11-6-8-16-9-7-11/h10-12,16H,6-9H2,1-5H3,(H,17,19)(H,18,20). The van der Waals surface area contributed by atoms with Gasteiger partial charge in [0.1, 0.15) is 11.6 Å². The van der Waals surface area contributed by atoms with E-state index in [9.17, 15) is 9.59 Å². The Hall–Kier alpha value is -1.30. The van der Waals surface area contributed by atoms with Crippen molar-refractivity contribution in [3.8, 4) is 0 Å². The highest BCUT2D eigenvalue weighted by atomic mass is 16.6. The SMILES string of the molecule is CC(C)C(NC(=O)OC(C)(C)C)C(=O)NC1CCNCC1. The van der Waals surface area contributed by atoms with Crippen LogP contribution in [0.5, 0.6) is 0 Å². The molecule has 1 saturated heterocycles. The summed E-state index contributed by atoms with van der Waals surface area (Å²) < 4.78 is 5.22. The lowest BCUT2D eigenvalue weighted by atomic mass is 10.0. The Morgan fingerprint density at radius 3 is 2.24 bits per heavy atom. The third-order valence-corrected chi connectivity index (χ3v) is 3.31. The highest BCUT2D eigenvalue weighted by molar-refractivity contribution is 5.86. The van der Waals surface area contributed by atoms with Crippen molar-refractivity contribution in [3.05, 3.63) is 0 Å². The maximum atomic E-state index is 12.4. The molecule has 1 rings (SSSR count). The lowest BCUT2D eigenvalue weighted by Gasteiger charge is -2.28. The maximum absolute atomic E-state index is 12.4. The molecule has 0 aromatic rings. The number of carbonyl (C=O) groups is 2. The van der Waals surface area contributed by atoms with Gasteiger partial charge in [-0.25, -0.2) is 4.79 Å². The van der Waals surface area contributed by atoms with Gasteiger partial charge in [-0.3, -0.25) is 4.79 Å². The van der Waals surface area contributed by atoms with E-state index in [4.69, 9.17) is 4.74 Å². The molecule has 0 radical (unpaired) electrons. The molecular formula is C15H29N3O3. The number of ether oxygens (including phenoxy) is 1. The van der Waals surface area contributed by atoms with E-state index in [1.165, 1.54) is 0 Å². The Bertz CT molecular complexity index is 358. The van der Waals surface area contributed by atoms with Crippen LogP contribution in [-0.2, 0) is 9.53 Å². The zero-order valence-corrected chi connectivity index (χ0v) is 13.8. The van der Waals surface area contributed by atoms with Gasteiger partial charge in [-0.2, -0.15) is 0 Å². The van der Waals surface area contributed by atoms with Crippen LogP contribution in [-0.4, -0.2) is 42.8 Å². The van der Waals surface area contributed by atoms with Gasteiger partial charge >= 0.3 is 6.09 Å². The quantitative estimate of drug-likeness (QED) is 0.733. The van der Waals surface area contributed by atoms with Gasteiger partial charge < -0.3 is 20.7 Å². The first-order chi connectivity index (χ1) is 9.69. The monoisotopic (exact) mass is 299 g/mol. The van der Waals surface area contributed by atoms with Crippen LogP contribution in [0.4, 0.5) is 4.79 Å². The smallest absolute Gasteiger partial charge is 0.408 e. The molecule has 1 aliphatic heterocycles. The summed E-state index contributed by atoms with van der Waals surface area (Å²) in [5.74, 6) is -0.137. The normalized spacial score (nSPS) is 18.2. The summed E-state index contributed by atoms with van der Waals surface area (Å²) in [6, 6.07) is -0.393. The van der Waals surface area contributed by atoms with Crippen LogP contribution in [0.1, 0.15) is 47.5 Å². The minimum absolute atomic E-state index is 0.000709. The highest BCUT2D eigenvalue weighted by Crippen LogP contribution is 2.10. The highest BCUT2D eigenvalue weighted by Gasteiger charge is 2.28. The minimum atomic E-state index is -0.574. The van der Waals surface area contributed by atoms with E-state index in [-0.39, 0.29) is 17.9 Å². The van der Waals surface area contributed by atoms with Crippen LogP contribution in [0.3, 0.4) is 0 Å². The van der Waals surface area contributed by atoms with Crippen LogP contribution in [0.25, 0.3) is 0 Å². The molecular weight excluding hydrogens is 270 g/mol. The van der Waals surface area contributed by atoms with Crippen molar-refractivity contribution >= 4 is 12.0 Å². The van der Waals surface area contributed by atoms with Crippen LogP contribution >= 0.6 is 0 Å². The largest absolute Gasteiger partial charge is 0.444 e. The number of alkyl carbamates (subject to hydrolysis) is 1. The van der Waals surface area contributed by atoms with Gasteiger partial charge in [0, 0.05) is 6.04 Å². The van der Waals surface area contributed by atoms with Crippen molar-refractivity contribution < 1.29 is 14.3 Å². The fourth-order valence-electron chi connectivity index (χ4n) is 2.23. The molecule has 0 saturated carbocycles. The van der Waals surface area contributed by atoms with Gasteiger partial charge in [-0.1, -0.05) is 13.8 Å². The topological polar surface area (TPSA) is 79.5 Å². The number of amides is 2. The van der Waals surface area contributed by atoms with Gasteiger partial charge in [0.15, 0.2) is 0 Å². The molecule has 2 amide bonds. The number of carbonyl (C=O) groups excluding carboxylic acids is 2. The molecule has 122 valence electrons. The molecule has 6 heteroatoms. The van der Waals surface area contributed by atoms with Crippen LogP contribution < -0.4 is 16.0 Å². The molecule has 1 unspecified atom stereocenters. The van der Waals surface area contributed by atoms with E-state index in [1.807, 2.05) is 13.8 Å². The lowest BCUT2D eigenvalue weighted by molar-refractivity contribution is -0.125. The van der Waals surface area contributed by atoms with Crippen molar-refractivity contribution in [2.24, 2.45) is 5.92 Å². The Balaban J connectivity index is 2.55. The molecule has 1 atom stereocenters. The van der Waals surface area contributed by atoms with E-state index in [0.717, 1.165) is 25.9 Å². The van der Waals surface area contributed by atoms with E-state index in [2.05, 4.69) is 16.0 Å². The van der Waals surface area contributed by atoms with Crippen molar-refractivity contribution in [2.75, 3.05) is 13.1 Å². The van der Waals surface area contributed by atoms with Crippen molar-refractivity contribution in [1.29, 1.82) is 0 Å². The fraction of sp³-hybridized carbons (Fsp3) is 0.867. The first kappa shape index (κ1) is 17.8. The predicted molar refractivity (Wildman–Crippen MR) is 82.0 cm³/mol. The second-order valence-corrected chi connectivity index (χ2v) is 6.90. The van der Waals surface area contributed by atoms with Crippen LogP contribution in [0, 0.1) is 5.92 Å². The summed E-state index contributed by atoms with van der Waals surface area (Å²) in [6.45, 7) is 11.0. The maximum Gasteiger partial charge on any atom is 0.408 e. The number of nitrogens with one attached hydrogen (secondary N) is 3. The number of hydrogen-bond donors (Lipinski definition) is 3. The van der Waals surface area contributed by atoms with E-state index < -0.39 is 17.7 Å². The van der Waals surface area contributed by atoms with Crippen molar-refractivity contribution in [3.63, 3.8) is 0 Å². The summed E-state index contributed by atoms with van der Waals surface area (Å²) in [7, 11) is 0. The summed E-state index contributed by atoms with van der Waals surface area (Å²) in [5.41, 5.74) is -0.572. The van der Waals surface area contributed by atoms with Gasteiger partial charge in [-0.15, -0.1) is 0 Å². The molecule has 3 N–H and O–H groups in total.